The minimum atomic E-state index is 0.661. The summed E-state index contributed by atoms with van der Waals surface area (Å²) in [5.74, 6) is 1.81. The molecule has 0 atom stereocenters. The molecule has 118 valence electrons. The number of nitrogen functional groups attached to an aromatic ring is 1. The third-order valence-electron chi connectivity index (χ3n) is 5.09. The zero-order valence-electron chi connectivity index (χ0n) is 13.2. The maximum Gasteiger partial charge on any atom is 0.185 e. The summed E-state index contributed by atoms with van der Waals surface area (Å²) in [6, 6.07) is 0. The van der Waals surface area contributed by atoms with Crippen molar-refractivity contribution in [2.75, 3.05) is 36.8 Å². The molecule has 6 heteroatoms. The monoisotopic (exact) mass is 300 g/mol. The van der Waals surface area contributed by atoms with E-state index in [2.05, 4.69) is 26.9 Å². The number of likely N-dealkylation sites (N-methyl/N-ethyl adjacent to an activating group) is 1. The van der Waals surface area contributed by atoms with E-state index in [1.54, 1.807) is 0 Å². The zero-order chi connectivity index (χ0) is 15.1. The van der Waals surface area contributed by atoms with Crippen LogP contribution in [0.4, 0.5) is 11.6 Å². The number of nitrogens with zero attached hydrogens (tertiary/aromatic N) is 4. The SMILES string of the molecule is CCN1CCc2c(c(N3CCCCC3)nc3n[nH]c(N)c23)C1. The van der Waals surface area contributed by atoms with Gasteiger partial charge in [-0.05, 0) is 37.8 Å². The van der Waals surface area contributed by atoms with Gasteiger partial charge in [-0.1, -0.05) is 6.92 Å². The summed E-state index contributed by atoms with van der Waals surface area (Å²) in [5, 5.41) is 8.28. The molecule has 0 aromatic carbocycles. The number of piperidine rings is 1. The van der Waals surface area contributed by atoms with Gasteiger partial charge in [-0.25, -0.2) is 4.98 Å². The lowest BCUT2D eigenvalue weighted by atomic mass is 9.96. The number of rotatable bonds is 2. The maximum atomic E-state index is 6.11. The zero-order valence-corrected chi connectivity index (χ0v) is 13.2. The number of aromatic nitrogens is 3. The highest BCUT2D eigenvalue weighted by Crippen LogP contribution is 2.35. The van der Waals surface area contributed by atoms with E-state index in [0.717, 1.165) is 56.0 Å². The van der Waals surface area contributed by atoms with Crippen molar-refractivity contribution in [3.8, 4) is 0 Å². The Bertz CT molecular complexity index is 685. The van der Waals surface area contributed by atoms with Gasteiger partial charge in [0.2, 0.25) is 0 Å². The molecule has 0 unspecified atom stereocenters. The molecule has 0 radical (unpaired) electrons. The molecule has 6 nitrogen and oxygen atoms in total. The molecule has 1 saturated heterocycles. The first-order valence-electron chi connectivity index (χ1n) is 8.40. The van der Waals surface area contributed by atoms with Gasteiger partial charge in [0.15, 0.2) is 5.65 Å². The first kappa shape index (κ1) is 13.8. The number of nitrogens with one attached hydrogen (secondary N) is 1. The van der Waals surface area contributed by atoms with E-state index in [-0.39, 0.29) is 0 Å². The molecule has 22 heavy (non-hydrogen) atoms. The van der Waals surface area contributed by atoms with Crippen molar-refractivity contribution in [3.05, 3.63) is 11.1 Å². The highest BCUT2D eigenvalue weighted by atomic mass is 15.2. The summed E-state index contributed by atoms with van der Waals surface area (Å²) < 4.78 is 0. The number of nitrogens with two attached hydrogens (primary N) is 1. The van der Waals surface area contributed by atoms with Crippen LogP contribution in [0.25, 0.3) is 11.0 Å². The third-order valence-corrected chi connectivity index (χ3v) is 5.09. The lowest BCUT2D eigenvalue weighted by Gasteiger charge is -2.34. The van der Waals surface area contributed by atoms with Crippen LogP contribution in [0.5, 0.6) is 0 Å². The van der Waals surface area contributed by atoms with E-state index >= 15 is 0 Å². The summed E-state index contributed by atoms with van der Waals surface area (Å²) in [5.41, 5.74) is 9.62. The lowest BCUT2D eigenvalue weighted by Crippen LogP contribution is -2.35. The molecule has 4 rings (SSSR count). The van der Waals surface area contributed by atoms with Gasteiger partial charge in [0, 0.05) is 31.7 Å². The van der Waals surface area contributed by atoms with E-state index in [1.165, 1.54) is 30.4 Å². The van der Waals surface area contributed by atoms with Crippen LogP contribution >= 0.6 is 0 Å². The van der Waals surface area contributed by atoms with Crippen LogP contribution in [0.1, 0.15) is 37.3 Å². The second-order valence-electron chi connectivity index (χ2n) is 6.39. The number of hydrogen-bond acceptors (Lipinski definition) is 5. The van der Waals surface area contributed by atoms with Gasteiger partial charge in [0.05, 0.1) is 5.39 Å². The van der Waals surface area contributed by atoms with Gasteiger partial charge in [-0.2, -0.15) is 5.10 Å². The van der Waals surface area contributed by atoms with E-state index in [1.807, 2.05) is 0 Å². The smallest absolute Gasteiger partial charge is 0.185 e. The van der Waals surface area contributed by atoms with Crippen LogP contribution in [0.3, 0.4) is 0 Å². The number of H-pyrrole nitrogens is 1. The first-order chi connectivity index (χ1) is 10.8. The summed E-state index contributed by atoms with van der Waals surface area (Å²) in [4.78, 5) is 9.81. The highest BCUT2D eigenvalue weighted by molar-refractivity contribution is 5.92. The quantitative estimate of drug-likeness (QED) is 0.886. The fourth-order valence-electron chi connectivity index (χ4n) is 3.83. The maximum absolute atomic E-state index is 6.11. The molecule has 0 amide bonds. The second-order valence-corrected chi connectivity index (χ2v) is 6.39. The number of hydrogen-bond donors (Lipinski definition) is 2. The Labute approximate surface area is 130 Å². The van der Waals surface area contributed by atoms with E-state index < -0.39 is 0 Å². The molecule has 2 aromatic rings. The molecular formula is C16H24N6. The van der Waals surface area contributed by atoms with Crippen molar-refractivity contribution in [1.29, 1.82) is 0 Å². The lowest BCUT2D eigenvalue weighted by molar-refractivity contribution is 0.268. The van der Waals surface area contributed by atoms with Crippen molar-refractivity contribution in [2.45, 2.75) is 39.2 Å². The van der Waals surface area contributed by atoms with E-state index in [4.69, 9.17) is 10.7 Å². The van der Waals surface area contributed by atoms with Crippen molar-refractivity contribution < 1.29 is 0 Å². The van der Waals surface area contributed by atoms with Gasteiger partial charge < -0.3 is 10.6 Å². The predicted octanol–water partition coefficient (Wildman–Crippen LogP) is 1.91. The van der Waals surface area contributed by atoms with Crippen LogP contribution in [0.2, 0.25) is 0 Å². The standard InChI is InChI=1S/C16H24N6/c1-2-21-9-6-11-12(10-21)16(22-7-4-3-5-8-22)18-15-13(11)14(17)19-20-15/h2-10H2,1H3,(H3,17,18,19,20). The Hall–Kier alpha value is -1.82. The Kier molecular flexibility index (Phi) is 3.41. The predicted molar refractivity (Wildman–Crippen MR) is 89.0 cm³/mol. The topological polar surface area (TPSA) is 74.1 Å². The minimum Gasteiger partial charge on any atom is -0.384 e. The van der Waals surface area contributed by atoms with Crippen LogP contribution in [-0.2, 0) is 13.0 Å². The Morgan fingerprint density at radius 2 is 1.95 bits per heavy atom. The molecule has 2 aliphatic heterocycles. The Morgan fingerprint density at radius 1 is 1.14 bits per heavy atom. The summed E-state index contributed by atoms with van der Waals surface area (Å²) >= 11 is 0. The molecule has 0 aliphatic carbocycles. The summed E-state index contributed by atoms with van der Waals surface area (Å²) in [6.07, 6.45) is 4.88. The molecule has 0 bridgehead atoms. The van der Waals surface area contributed by atoms with Gasteiger partial charge >= 0.3 is 0 Å². The van der Waals surface area contributed by atoms with Crippen LogP contribution in [0, 0.1) is 0 Å². The van der Waals surface area contributed by atoms with Crippen molar-refractivity contribution in [1.82, 2.24) is 20.1 Å². The molecule has 2 aliphatic rings. The molecule has 0 spiro atoms. The fourth-order valence-corrected chi connectivity index (χ4v) is 3.83. The average Bonchev–Trinajstić information content (AvgIpc) is 2.95. The van der Waals surface area contributed by atoms with Crippen LogP contribution in [-0.4, -0.2) is 46.3 Å². The molecule has 3 N–H and O–H groups in total. The van der Waals surface area contributed by atoms with E-state index in [0.29, 0.717) is 5.82 Å². The number of pyridine rings is 1. The molecule has 1 fully saturated rings. The third kappa shape index (κ3) is 2.13. The number of aromatic amines is 1. The molecular weight excluding hydrogens is 276 g/mol. The van der Waals surface area contributed by atoms with Crippen LogP contribution in [0.15, 0.2) is 0 Å². The normalized spacial score (nSPS) is 19.6. The first-order valence-corrected chi connectivity index (χ1v) is 8.40. The molecule has 0 saturated carbocycles. The van der Waals surface area contributed by atoms with Crippen LogP contribution < -0.4 is 10.6 Å². The largest absolute Gasteiger partial charge is 0.384 e. The Balaban J connectivity index is 1.87. The van der Waals surface area contributed by atoms with Gasteiger partial charge in [0.1, 0.15) is 11.6 Å². The second kappa shape index (κ2) is 5.43. The fraction of sp³-hybridized carbons (Fsp3) is 0.625. The minimum absolute atomic E-state index is 0.661. The number of fused-ring (bicyclic) bond motifs is 3. The van der Waals surface area contributed by atoms with Gasteiger partial charge in [-0.3, -0.25) is 10.00 Å². The summed E-state index contributed by atoms with van der Waals surface area (Å²) in [6.45, 7) is 7.59. The highest BCUT2D eigenvalue weighted by Gasteiger charge is 2.27. The molecule has 4 heterocycles. The van der Waals surface area contributed by atoms with Gasteiger partial charge in [0.25, 0.3) is 0 Å². The average molecular weight is 300 g/mol. The van der Waals surface area contributed by atoms with Gasteiger partial charge in [-0.15, -0.1) is 0 Å². The Morgan fingerprint density at radius 3 is 2.73 bits per heavy atom. The summed E-state index contributed by atoms with van der Waals surface area (Å²) in [7, 11) is 0. The van der Waals surface area contributed by atoms with Crippen molar-refractivity contribution in [2.24, 2.45) is 0 Å². The van der Waals surface area contributed by atoms with E-state index in [9.17, 15) is 0 Å². The van der Waals surface area contributed by atoms with Crippen molar-refractivity contribution in [3.63, 3.8) is 0 Å². The van der Waals surface area contributed by atoms with Crippen molar-refractivity contribution >= 4 is 22.7 Å². The molecule has 2 aromatic heterocycles. The number of anilines is 2.